The third-order valence-electron chi connectivity index (χ3n) is 8.86. The number of ketones is 1. The number of piperidine rings is 1. The zero-order chi connectivity index (χ0) is 23.3. The lowest BCUT2D eigenvalue weighted by Crippen LogP contribution is -2.77. The smallest absolute Gasteiger partial charge is 0.174 e. The fourth-order valence-electron chi connectivity index (χ4n) is 7.56. The zero-order valence-corrected chi connectivity index (χ0v) is 20.3. The summed E-state index contributed by atoms with van der Waals surface area (Å²) in [6.07, 6.45) is 5.76. The van der Waals surface area contributed by atoms with E-state index >= 15 is 0 Å². The highest BCUT2D eigenvalue weighted by Gasteiger charge is 2.74. The van der Waals surface area contributed by atoms with Gasteiger partial charge in [-0.05, 0) is 68.8 Å². The molecule has 0 N–H and O–H groups in total. The number of benzene rings is 2. The van der Waals surface area contributed by atoms with Crippen molar-refractivity contribution in [2.24, 2.45) is 0 Å². The second-order valence-corrected chi connectivity index (χ2v) is 10.4. The highest BCUT2D eigenvalue weighted by molar-refractivity contribution is 5.90. The van der Waals surface area contributed by atoms with Crippen molar-refractivity contribution in [1.29, 1.82) is 0 Å². The molecule has 6 rings (SSSR count). The molecule has 2 aliphatic carbocycles. The highest BCUT2D eigenvalue weighted by atomic mass is 16.5. The molecule has 1 saturated heterocycles. The molecule has 2 heterocycles. The molecular weight excluding hydrogens is 426 g/mol. The van der Waals surface area contributed by atoms with Crippen LogP contribution >= 0.6 is 0 Å². The molecule has 4 aliphatic rings. The second-order valence-electron chi connectivity index (χ2n) is 10.4. The molecule has 0 radical (unpaired) electrons. The van der Waals surface area contributed by atoms with Gasteiger partial charge in [-0.2, -0.15) is 0 Å². The maximum atomic E-state index is 13.3. The normalized spacial score (nSPS) is 31.2. The molecule has 1 saturated carbocycles. The van der Waals surface area contributed by atoms with Crippen molar-refractivity contribution in [2.75, 3.05) is 26.8 Å². The number of carbonyl (C=O) groups is 1. The Morgan fingerprint density at radius 2 is 2.00 bits per heavy atom. The molecule has 180 valence electrons. The van der Waals surface area contributed by atoms with E-state index in [9.17, 15) is 4.79 Å². The third kappa shape index (κ3) is 2.96. The van der Waals surface area contributed by atoms with Crippen LogP contribution in [-0.2, 0) is 27.8 Å². The molecule has 5 heteroatoms. The average molecular weight is 462 g/mol. The molecule has 4 atom stereocenters. The molecule has 1 spiro atoms. The van der Waals surface area contributed by atoms with Crippen molar-refractivity contribution >= 4 is 5.78 Å². The average Bonchev–Trinajstić information content (AvgIpc) is 3.22. The number of rotatable bonds is 8. The zero-order valence-electron chi connectivity index (χ0n) is 20.3. The molecule has 2 aliphatic heterocycles. The number of aryl methyl sites for hydroxylation is 1. The van der Waals surface area contributed by atoms with Crippen LogP contribution < -0.4 is 9.47 Å². The van der Waals surface area contributed by atoms with E-state index in [1.54, 1.807) is 7.11 Å². The van der Waals surface area contributed by atoms with Crippen LogP contribution in [0.15, 0.2) is 42.5 Å². The predicted octanol–water partition coefficient (Wildman–Crippen LogP) is 4.49. The van der Waals surface area contributed by atoms with Crippen molar-refractivity contribution in [3.63, 3.8) is 0 Å². The van der Waals surface area contributed by atoms with Crippen LogP contribution in [0.3, 0.4) is 0 Å². The SMILES string of the molecule is CCCN1CC[C@]23c4c5ccc(OC)c4OC2C(=O)CC[C@@]3(OCCCc2ccccc2)[C@H]1C5. The fourth-order valence-corrected chi connectivity index (χ4v) is 7.56. The summed E-state index contributed by atoms with van der Waals surface area (Å²) < 4.78 is 19.3. The number of nitrogens with zero attached hydrogens (tertiary/aromatic N) is 1. The van der Waals surface area contributed by atoms with Crippen LogP contribution in [0.5, 0.6) is 11.5 Å². The van der Waals surface area contributed by atoms with Crippen LogP contribution in [0.1, 0.15) is 55.7 Å². The summed E-state index contributed by atoms with van der Waals surface area (Å²) in [7, 11) is 1.69. The number of likely N-dealkylation sites (tertiary alicyclic amines) is 1. The highest BCUT2D eigenvalue weighted by Crippen LogP contribution is 2.66. The molecule has 1 unspecified atom stereocenters. The minimum Gasteiger partial charge on any atom is -0.493 e. The number of Topliss-reactive ketones (excluding diaryl/α,β-unsaturated/α-hetero) is 1. The number of carbonyl (C=O) groups excluding carboxylic acids is 1. The first-order valence-corrected chi connectivity index (χ1v) is 13.0. The molecule has 2 bridgehead atoms. The Bertz CT molecular complexity index is 1090. The summed E-state index contributed by atoms with van der Waals surface area (Å²) in [6.45, 7) is 5.00. The van der Waals surface area contributed by atoms with Crippen molar-refractivity contribution in [2.45, 2.75) is 75.0 Å². The topological polar surface area (TPSA) is 48.0 Å². The van der Waals surface area contributed by atoms with Gasteiger partial charge < -0.3 is 14.2 Å². The summed E-state index contributed by atoms with van der Waals surface area (Å²) in [5.41, 5.74) is 3.04. The number of hydrogen-bond donors (Lipinski definition) is 0. The van der Waals surface area contributed by atoms with E-state index in [2.05, 4.69) is 48.2 Å². The Labute approximate surface area is 202 Å². The van der Waals surface area contributed by atoms with Crippen LogP contribution in [0.25, 0.3) is 0 Å². The number of hydrogen-bond acceptors (Lipinski definition) is 5. The third-order valence-corrected chi connectivity index (χ3v) is 8.86. The lowest BCUT2D eigenvalue weighted by Gasteiger charge is -2.64. The van der Waals surface area contributed by atoms with Crippen LogP contribution in [-0.4, -0.2) is 55.2 Å². The molecule has 2 fully saturated rings. The Morgan fingerprint density at radius 1 is 1.15 bits per heavy atom. The Morgan fingerprint density at radius 3 is 2.79 bits per heavy atom. The van der Waals surface area contributed by atoms with Gasteiger partial charge in [0.1, 0.15) is 0 Å². The summed E-state index contributed by atoms with van der Waals surface area (Å²) in [4.78, 5) is 16.0. The van der Waals surface area contributed by atoms with E-state index in [1.807, 2.05) is 6.07 Å². The number of methoxy groups -OCH3 is 1. The minimum absolute atomic E-state index is 0.220. The molecule has 34 heavy (non-hydrogen) atoms. The fraction of sp³-hybridized carbons (Fsp3) is 0.552. The Balaban J connectivity index is 1.41. The van der Waals surface area contributed by atoms with Crippen molar-refractivity contribution in [3.8, 4) is 11.5 Å². The van der Waals surface area contributed by atoms with Gasteiger partial charge in [0, 0.05) is 24.6 Å². The van der Waals surface area contributed by atoms with Crippen LogP contribution in [0, 0.1) is 0 Å². The molecule has 5 nitrogen and oxygen atoms in total. The van der Waals surface area contributed by atoms with Crippen LogP contribution in [0.4, 0.5) is 0 Å². The van der Waals surface area contributed by atoms with Crippen molar-refractivity contribution < 1.29 is 19.0 Å². The van der Waals surface area contributed by atoms with E-state index in [1.165, 1.54) is 16.7 Å². The largest absolute Gasteiger partial charge is 0.493 e. The Kier molecular flexibility index (Phi) is 5.45. The van der Waals surface area contributed by atoms with Gasteiger partial charge in [0.05, 0.1) is 18.1 Å². The van der Waals surface area contributed by atoms with Gasteiger partial charge in [0.2, 0.25) is 0 Å². The summed E-state index contributed by atoms with van der Waals surface area (Å²) in [6, 6.07) is 15.1. The van der Waals surface area contributed by atoms with Gasteiger partial charge in [0.25, 0.3) is 0 Å². The molecule has 0 amide bonds. The summed E-state index contributed by atoms with van der Waals surface area (Å²) >= 11 is 0. The molecule has 0 aromatic heterocycles. The first-order chi connectivity index (χ1) is 16.6. The minimum atomic E-state index is -0.466. The van der Waals surface area contributed by atoms with Crippen molar-refractivity contribution in [1.82, 2.24) is 4.90 Å². The van der Waals surface area contributed by atoms with Gasteiger partial charge in [-0.1, -0.05) is 43.3 Å². The molecular formula is C29H35NO4. The van der Waals surface area contributed by atoms with E-state index in [0.717, 1.165) is 63.1 Å². The van der Waals surface area contributed by atoms with Gasteiger partial charge in [-0.3, -0.25) is 9.69 Å². The molecule has 2 aromatic rings. The molecule has 2 aromatic carbocycles. The lowest BCUT2D eigenvalue weighted by atomic mass is 9.48. The van der Waals surface area contributed by atoms with Crippen molar-refractivity contribution in [3.05, 3.63) is 59.2 Å². The van der Waals surface area contributed by atoms with Gasteiger partial charge in [-0.15, -0.1) is 0 Å². The van der Waals surface area contributed by atoms with Gasteiger partial charge in [0.15, 0.2) is 23.4 Å². The van der Waals surface area contributed by atoms with Gasteiger partial charge >= 0.3 is 0 Å². The standard InChI is InChI=1S/C29H35NO4/c1-3-16-30-17-15-28-25-21-11-12-23(32-2)26(25)34-27(28)22(31)13-14-29(28,24(30)19-21)33-18-7-10-20-8-5-4-6-9-20/h4-6,8-9,11-12,24,27H,3,7,10,13-19H2,1-2H3/t24-,27?,28+,29-/m1/s1. The van der Waals surface area contributed by atoms with E-state index in [4.69, 9.17) is 14.2 Å². The number of ether oxygens (including phenoxy) is 3. The first kappa shape index (κ1) is 22.1. The lowest BCUT2D eigenvalue weighted by molar-refractivity contribution is -0.213. The van der Waals surface area contributed by atoms with Gasteiger partial charge in [-0.25, -0.2) is 0 Å². The predicted molar refractivity (Wildman–Crippen MR) is 131 cm³/mol. The van der Waals surface area contributed by atoms with E-state index in [-0.39, 0.29) is 11.8 Å². The maximum Gasteiger partial charge on any atom is 0.174 e. The second kappa shape index (κ2) is 8.39. The van der Waals surface area contributed by atoms with E-state index < -0.39 is 17.1 Å². The van der Waals surface area contributed by atoms with Crippen LogP contribution in [0.2, 0.25) is 0 Å². The first-order valence-electron chi connectivity index (χ1n) is 13.0. The summed E-state index contributed by atoms with van der Waals surface area (Å²) in [5, 5.41) is 0. The maximum absolute atomic E-state index is 13.3. The van der Waals surface area contributed by atoms with E-state index in [0.29, 0.717) is 13.0 Å². The quantitative estimate of drug-likeness (QED) is 0.543. The summed E-state index contributed by atoms with van der Waals surface area (Å²) in [5.74, 6) is 1.75. The monoisotopic (exact) mass is 461 g/mol. The Hall–Kier alpha value is -2.37.